The third-order valence-corrected chi connectivity index (χ3v) is 4.04. The van der Waals surface area contributed by atoms with Crippen LogP contribution < -0.4 is 5.32 Å². The number of aromatic nitrogens is 1. The number of ether oxygens (including phenoxy) is 1. The van der Waals surface area contributed by atoms with Crippen molar-refractivity contribution in [3.8, 4) is 0 Å². The average Bonchev–Trinajstić information content (AvgIpc) is 2.79. The van der Waals surface area contributed by atoms with Crippen molar-refractivity contribution in [3.63, 3.8) is 0 Å². The molecular weight excluding hydrogens is 298 g/mol. The van der Waals surface area contributed by atoms with E-state index in [2.05, 4.69) is 10.3 Å². The van der Waals surface area contributed by atoms with E-state index in [4.69, 9.17) is 21.4 Å². The van der Waals surface area contributed by atoms with E-state index >= 15 is 0 Å². The number of carbonyl (C=O) groups is 2. The van der Waals surface area contributed by atoms with E-state index in [1.54, 1.807) is 13.0 Å². The number of carboxylic acid groups (broad SMARTS) is 1. The highest BCUT2D eigenvalue weighted by Gasteiger charge is 2.32. The summed E-state index contributed by atoms with van der Waals surface area (Å²) < 4.78 is 5.29. The zero-order chi connectivity index (χ0) is 15.6. The largest absolute Gasteiger partial charge is 0.465 e. The number of halogens is 1. The molecule has 2 heterocycles. The Bertz CT molecular complexity index is 526. The van der Waals surface area contributed by atoms with Gasteiger partial charge >= 0.3 is 6.09 Å². The van der Waals surface area contributed by atoms with E-state index in [9.17, 15) is 9.59 Å². The van der Waals surface area contributed by atoms with Gasteiger partial charge in [0.05, 0.1) is 23.7 Å². The van der Waals surface area contributed by atoms with Crippen LogP contribution in [0.25, 0.3) is 0 Å². The molecule has 116 valence electrons. The molecule has 0 aliphatic carbocycles. The zero-order valence-electron chi connectivity index (χ0n) is 11.9. The Balaban J connectivity index is 2.01. The summed E-state index contributed by atoms with van der Waals surface area (Å²) in [4.78, 5) is 27.3. The fourth-order valence-electron chi connectivity index (χ4n) is 2.40. The van der Waals surface area contributed by atoms with Crippen molar-refractivity contribution < 1.29 is 19.4 Å². The maximum Gasteiger partial charge on any atom is 0.407 e. The molecule has 21 heavy (non-hydrogen) atoms. The summed E-state index contributed by atoms with van der Waals surface area (Å²) in [6.45, 7) is 2.38. The van der Waals surface area contributed by atoms with Gasteiger partial charge in [0.1, 0.15) is 5.69 Å². The summed E-state index contributed by atoms with van der Waals surface area (Å²) in [5.74, 6) is -0.277. The first-order valence-corrected chi connectivity index (χ1v) is 6.96. The van der Waals surface area contributed by atoms with E-state index in [1.807, 2.05) is 0 Å². The Morgan fingerprint density at radius 2 is 2.29 bits per heavy atom. The van der Waals surface area contributed by atoms with Crippen LogP contribution in [0.4, 0.5) is 4.79 Å². The minimum absolute atomic E-state index is 0.236. The summed E-state index contributed by atoms with van der Waals surface area (Å²) in [5, 5.41) is 12.4. The van der Waals surface area contributed by atoms with Crippen LogP contribution in [0.15, 0.2) is 6.07 Å². The molecule has 8 heteroatoms. The molecule has 0 unspecified atom stereocenters. The van der Waals surface area contributed by atoms with E-state index in [0.717, 1.165) is 5.69 Å². The maximum absolute atomic E-state index is 12.2. The minimum atomic E-state index is -0.978. The van der Waals surface area contributed by atoms with Gasteiger partial charge in [-0.05, 0) is 19.4 Å². The lowest BCUT2D eigenvalue weighted by atomic mass is 10.0. The Labute approximate surface area is 127 Å². The number of H-pyrrole nitrogens is 1. The van der Waals surface area contributed by atoms with Gasteiger partial charge in [0, 0.05) is 19.3 Å². The van der Waals surface area contributed by atoms with Gasteiger partial charge in [0.15, 0.2) is 0 Å². The first kappa shape index (κ1) is 15.7. The summed E-state index contributed by atoms with van der Waals surface area (Å²) in [6.07, 6.45) is -0.844. The molecule has 1 aromatic heterocycles. The Kier molecular flexibility index (Phi) is 4.74. The lowest BCUT2D eigenvalue weighted by Crippen LogP contribution is -2.55. The second kappa shape index (κ2) is 6.36. The van der Waals surface area contributed by atoms with Crippen molar-refractivity contribution in [2.45, 2.75) is 25.5 Å². The molecule has 0 aromatic carbocycles. The van der Waals surface area contributed by atoms with Crippen LogP contribution in [0, 0.1) is 6.92 Å². The molecule has 0 spiro atoms. The predicted octanol–water partition coefficient (Wildman–Crippen LogP) is 1.47. The second-order valence-corrected chi connectivity index (χ2v) is 5.43. The number of rotatable bonds is 3. The summed E-state index contributed by atoms with van der Waals surface area (Å²) in [6, 6.07) is 1.33. The lowest BCUT2D eigenvalue weighted by Gasteiger charge is -2.36. The van der Waals surface area contributed by atoms with Gasteiger partial charge in [-0.25, -0.2) is 4.79 Å². The molecule has 1 aliphatic rings. The monoisotopic (exact) mass is 315 g/mol. The number of likely N-dealkylation sites (tertiary alicyclic amines) is 1. The zero-order valence-corrected chi connectivity index (χ0v) is 12.6. The van der Waals surface area contributed by atoms with Gasteiger partial charge in [0.2, 0.25) is 0 Å². The number of aromatic amines is 1. The van der Waals surface area contributed by atoms with Gasteiger partial charge in [-0.1, -0.05) is 11.6 Å². The standard InChI is InChI=1S/C13H18ClN3O4/c1-7-8(14)5-10(15-7)12(18)16-9-3-4-17(13(19)20)6-11(9)21-2/h5,9,11,15H,3-4,6H2,1-2H3,(H,16,18)(H,19,20)/t9-,11+/m1/s1. The first-order chi connectivity index (χ1) is 9.92. The van der Waals surface area contributed by atoms with Crippen LogP contribution in [0.1, 0.15) is 22.6 Å². The molecule has 1 saturated heterocycles. The van der Waals surface area contributed by atoms with Crippen molar-refractivity contribution in [2.75, 3.05) is 20.2 Å². The number of nitrogens with zero attached hydrogens (tertiary/aromatic N) is 1. The summed E-state index contributed by atoms with van der Waals surface area (Å²) >= 11 is 5.92. The Morgan fingerprint density at radius 3 is 2.81 bits per heavy atom. The van der Waals surface area contributed by atoms with E-state index in [0.29, 0.717) is 23.7 Å². The lowest BCUT2D eigenvalue weighted by molar-refractivity contribution is 0.0101. The van der Waals surface area contributed by atoms with Gasteiger partial charge in [0.25, 0.3) is 5.91 Å². The molecule has 3 N–H and O–H groups in total. The number of amides is 2. The predicted molar refractivity (Wildman–Crippen MR) is 76.8 cm³/mol. The molecule has 1 aliphatic heterocycles. The normalized spacial score (nSPS) is 22.1. The maximum atomic E-state index is 12.2. The van der Waals surface area contributed by atoms with Crippen LogP contribution in [0.5, 0.6) is 0 Å². The molecule has 0 radical (unpaired) electrons. The molecule has 1 fully saturated rings. The average molecular weight is 316 g/mol. The molecule has 2 rings (SSSR count). The third-order valence-electron chi connectivity index (χ3n) is 3.64. The van der Waals surface area contributed by atoms with Crippen molar-refractivity contribution in [1.82, 2.24) is 15.2 Å². The fraction of sp³-hybridized carbons (Fsp3) is 0.538. The highest BCUT2D eigenvalue weighted by atomic mass is 35.5. The molecular formula is C13H18ClN3O4. The molecule has 2 atom stereocenters. The topological polar surface area (TPSA) is 94.7 Å². The van der Waals surface area contributed by atoms with Crippen molar-refractivity contribution in [1.29, 1.82) is 0 Å². The smallest absolute Gasteiger partial charge is 0.407 e. The number of hydrogen-bond acceptors (Lipinski definition) is 3. The first-order valence-electron chi connectivity index (χ1n) is 6.59. The SMILES string of the molecule is CO[C@H]1CN(C(=O)O)CC[C@H]1NC(=O)c1cc(Cl)c(C)[nH]1. The number of carbonyl (C=O) groups excluding carboxylic acids is 1. The third kappa shape index (κ3) is 3.48. The molecule has 1 aromatic rings. The highest BCUT2D eigenvalue weighted by Crippen LogP contribution is 2.18. The van der Waals surface area contributed by atoms with E-state index < -0.39 is 6.09 Å². The van der Waals surface area contributed by atoms with E-state index in [-0.39, 0.29) is 24.6 Å². The number of piperidine rings is 1. The number of methoxy groups -OCH3 is 1. The molecule has 0 bridgehead atoms. The summed E-state index contributed by atoms with van der Waals surface area (Å²) in [7, 11) is 1.50. The van der Waals surface area contributed by atoms with Gasteiger partial charge < -0.3 is 25.0 Å². The van der Waals surface area contributed by atoms with Crippen LogP contribution in [0.3, 0.4) is 0 Å². The number of hydrogen-bond donors (Lipinski definition) is 3. The quantitative estimate of drug-likeness (QED) is 0.787. The van der Waals surface area contributed by atoms with E-state index in [1.165, 1.54) is 12.0 Å². The Morgan fingerprint density at radius 1 is 1.57 bits per heavy atom. The highest BCUT2D eigenvalue weighted by molar-refractivity contribution is 6.31. The minimum Gasteiger partial charge on any atom is -0.465 e. The molecule has 0 saturated carbocycles. The number of nitrogens with one attached hydrogen (secondary N) is 2. The van der Waals surface area contributed by atoms with Crippen molar-refractivity contribution in [3.05, 3.63) is 22.5 Å². The van der Waals surface area contributed by atoms with Gasteiger partial charge in [-0.2, -0.15) is 0 Å². The van der Waals surface area contributed by atoms with Crippen LogP contribution in [-0.4, -0.2) is 59.3 Å². The van der Waals surface area contributed by atoms with Crippen molar-refractivity contribution >= 4 is 23.6 Å². The Hall–Kier alpha value is -1.73. The van der Waals surface area contributed by atoms with Gasteiger partial charge in [-0.15, -0.1) is 0 Å². The van der Waals surface area contributed by atoms with Crippen LogP contribution in [0.2, 0.25) is 5.02 Å². The fourth-order valence-corrected chi connectivity index (χ4v) is 2.55. The second-order valence-electron chi connectivity index (χ2n) is 5.03. The summed E-state index contributed by atoms with van der Waals surface area (Å²) in [5.41, 5.74) is 1.11. The van der Waals surface area contributed by atoms with Crippen molar-refractivity contribution in [2.24, 2.45) is 0 Å². The van der Waals surface area contributed by atoms with Crippen LogP contribution in [-0.2, 0) is 4.74 Å². The molecule has 2 amide bonds. The van der Waals surface area contributed by atoms with Crippen LogP contribution >= 0.6 is 11.6 Å². The number of aryl methyl sites for hydroxylation is 1. The van der Waals surface area contributed by atoms with Gasteiger partial charge in [-0.3, -0.25) is 4.79 Å². The molecule has 7 nitrogen and oxygen atoms in total.